The molecule has 6 heteroatoms. The molecule has 0 saturated carbocycles. The highest BCUT2D eigenvalue weighted by Gasteiger charge is 2.27. The van der Waals surface area contributed by atoms with Gasteiger partial charge in [-0.25, -0.2) is 4.79 Å². The second-order valence-corrected chi connectivity index (χ2v) is 4.87. The van der Waals surface area contributed by atoms with Gasteiger partial charge in [0, 0.05) is 17.9 Å². The number of benzene rings is 1. The highest BCUT2D eigenvalue weighted by atomic mass is 16.5. The number of methoxy groups -OCH3 is 1. The predicted molar refractivity (Wildman–Crippen MR) is 76.4 cm³/mol. The average Bonchev–Trinajstić information content (AvgIpc) is 2.47. The quantitative estimate of drug-likeness (QED) is 0.631. The topological polar surface area (TPSA) is 98.6 Å². The average molecular weight is 277 g/mol. The first-order chi connectivity index (χ1) is 9.54. The van der Waals surface area contributed by atoms with Crippen molar-refractivity contribution in [2.75, 3.05) is 24.3 Å². The molecule has 1 amide bonds. The van der Waals surface area contributed by atoms with E-state index in [1.165, 1.54) is 7.11 Å². The van der Waals surface area contributed by atoms with Crippen LogP contribution in [0.1, 0.15) is 29.6 Å². The van der Waals surface area contributed by atoms with Gasteiger partial charge >= 0.3 is 5.97 Å². The van der Waals surface area contributed by atoms with E-state index in [0.29, 0.717) is 11.3 Å². The van der Waals surface area contributed by atoms with Crippen molar-refractivity contribution in [1.82, 2.24) is 0 Å². The summed E-state index contributed by atoms with van der Waals surface area (Å²) in [6, 6.07) is 4.76. The fraction of sp³-hybridized carbons (Fsp3) is 0.429. The molecule has 1 atom stereocenters. The van der Waals surface area contributed by atoms with E-state index in [2.05, 4.69) is 0 Å². The van der Waals surface area contributed by atoms with Gasteiger partial charge in [-0.2, -0.15) is 0 Å². The summed E-state index contributed by atoms with van der Waals surface area (Å²) in [4.78, 5) is 25.1. The Morgan fingerprint density at radius 2 is 2.10 bits per heavy atom. The molecule has 4 N–H and O–H groups in total. The van der Waals surface area contributed by atoms with Crippen molar-refractivity contribution in [3.8, 4) is 0 Å². The van der Waals surface area contributed by atoms with Crippen LogP contribution in [0, 0.1) is 0 Å². The summed E-state index contributed by atoms with van der Waals surface area (Å²) in [5.41, 5.74) is 12.7. The van der Waals surface area contributed by atoms with E-state index < -0.39 is 5.97 Å². The third-order valence-electron chi connectivity index (χ3n) is 3.61. The minimum absolute atomic E-state index is 0.304. The van der Waals surface area contributed by atoms with Crippen molar-refractivity contribution >= 4 is 23.3 Å². The number of anilines is 2. The number of carbonyl (C=O) groups is 2. The Hall–Kier alpha value is -2.24. The maximum absolute atomic E-state index is 11.7. The zero-order valence-electron chi connectivity index (χ0n) is 11.5. The molecular formula is C14H19N3O3. The minimum atomic E-state index is -0.489. The number of amides is 1. The third-order valence-corrected chi connectivity index (χ3v) is 3.61. The van der Waals surface area contributed by atoms with Crippen molar-refractivity contribution in [3.63, 3.8) is 0 Å². The van der Waals surface area contributed by atoms with Crippen LogP contribution in [-0.4, -0.2) is 31.6 Å². The van der Waals surface area contributed by atoms with Gasteiger partial charge in [0.2, 0.25) is 5.91 Å². The van der Waals surface area contributed by atoms with Crippen LogP contribution in [0.2, 0.25) is 0 Å². The Bertz CT molecular complexity index is 530. The number of piperidine rings is 1. The fourth-order valence-corrected chi connectivity index (χ4v) is 2.55. The summed E-state index contributed by atoms with van der Waals surface area (Å²) in [6.07, 6.45) is 2.69. The van der Waals surface area contributed by atoms with Crippen molar-refractivity contribution in [2.24, 2.45) is 5.73 Å². The van der Waals surface area contributed by atoms with Gasteiger partial charge in [0.1, 0.15) is 6.04 Å². The van der Waals surface area contributed by atoms with Gasteiger partial charge in [-0.1, -0.05) is 0 Å². The maximum Gasteiger partial charge on any atom is 0.340 e. The molecule has 1 saturated heterocycles. The standard InChI is InChI=1S/C14H19N3O3/c1-20-14(19)10-8-9(5-6-11(10)15)17-7-3-2-4-12(17)13(16)18/h5-6,8,12H,2-4,7,15H2,1H3,(H2,16,18). The van der Waals surface area contributed by atoms with Gasteiger partial charge in [0.25, 0.3) is 0 Å². The van der Waals surface area contributed by atoms with Crippen molar-refractivity contribution in [3.05, 3.63) is 23.8 Å². The molecule has 6 nitrogen and oxygen atoms in total. The number of ether oxygens (including phenoxy) is 1. The maximum atomic E-state index is 11.7. The van der Waals surface area contributed by atoms with E-state index >= 15 is 0 Å². The van der Waals surface area contributed by atoms with Crippen LogP contribution in [0.5, 0.6) is 0 Å². The Kier molecular flexibility index (Phi) is 4.12. The zero-order valence-corrected chi connectivity index (χ0v) is 11.5. The number of nitrogen functional groups attached to an aromatic ring is 1. The highest BCUT2D eigenvalue weighted by molar-refractivity contribution is 5.96. The molecule has 20 heavy (non-hydrogen) atoms. The molecule has 0 aromatic heterocycles. The number of nitrogens with zero attached hydrogens (tertiary/aromatic N) is 1. The second kappa shape index (κ2) is 5.81. The molecule has 1 aromatic rings. The molecule has 1 aliphatic heterocycles. The number of primary amides is 1. The summed E-state index contributed by atoms with van der Waals surface area (Å²) in [6.45, 7) is 0.734. The van der Waals surface area contributed by atoms with Gasteiger partial charge in [-0.3, -0.25) is 4.79 Å². The van der Waals surface area contributed by atoms with Crippen molar-refractivity contribution < 1.29 is 14.3 Å². The van der Waals surface area contributed by atoms with Gasteiger partial charge < -0.3 is 21.1 Å². The van der Waals surface area contributed by atoms with Gasteiger partial charge in [-0.15, -0.1) is 0 Å². The fourth-order valence-electron chi connectivity index (χ4n) is 2.55. The Morgan fingerprint density at radius 1 is 1.35 bits per heavy atom. The summed E-state index contributed by atoms with van der Waals surface area (Å²) in [5.74, 6) is -0.835. The largest absolute Gasteiger partial charge is 0.465 e. The smallest absolute Gasteiger partial charge is 0.340 e. The lowest BCUT2D eigenvalue weighted by Crippen LogP contribution is -2.47. The first-order valence-electron chi connectivity index (χ1n) is 6.58. The summed E-state index contributed by atoms with van der Waals surface area (Å²) < 4.78 is 4.70. The molecular weight excluding hydrogens is 258 g/mol. The van der Waals surface area contributed by atoms with E-state index in [1.807, 2.05) is 4.90 Å². The van der Waals surface area contributed by atoms with Crippen LogP contribution in [0.4, 0.5) is 11.4 Å². The van der Waals surface area contributed by atoms with Crippen LogP contribution in [-0.2, 0) is 9.53 Å². The SMILES string of the molecule is COC(=O)c1cc(N2CCCCC2C(N)=O)ccc1N. The molecule has 0 radical (unpaired) electrons. The molecule has 2 rings (SSSR count). The Labute approximate surface area is 117 Å². The lowest BCUT2D eigenvalue weighted by atomic mass is 10.00. The van der Waals surface area contributed by atoms with E-state index in [1.54, 1.807) is 18.2 Å². The molecule has 1 heterocycles. The number of carbonyl (C=O) groups excluding carboxylic acids is 2. The third kappa shape index (κ3) is 2.68. The molecule has 1 unspecified atom stereocenters. The minimum Gasteiger partial charge on any atom is -0.465 e. The molecule has 1 aromatic carbocycles. The molecule has 0 bridgehead atoms. The number of hydrogen-bond acceptors (Lipinski definition) is 5. The van der Waals surface area contributed by atoms with Crippen LogP contribution in [0.3, 0.4) is 0 Å². The van der Waals surface area contributed by atoms with E-state index in [-0.39, 0.29) is 11.9 Å². The summed E-state index contributed by atoms with van der Waals surface area (Å²) in [7, 11) is 1.31. The molecule has 0 spiro atoms. The first kappa shape index (κ1) is 14.2. The van der Waals surface area contributed by atoms with Gasteiger partial charge in [0.15, 0.2) is 0 Å². The Balaban J connectivity index is 2.36. The molecule has 108 valence electrons. The van der Waals surface area contributed by atoms with E-state index in [4.69, 9.17) is 16.2 Å². The monoisotopic (exact) mass is 277 g/mol. The lowest BCUT2D eigenvalue weighted by Gasteiger charge is -2.35. The lowest BCUT2D eigenvalue weighted by molar-refractivity contribution is -0.119. The molecule has 1 aliphatic rings. The molecule has 1 fully saturated rings. The van der Waals surface area contributed by atoms with Crippen molar-refractivity contribution in [2.45, 2.75) is 25.3 Å². The number of esters is 1. The van der Waals surface area contributed by atoms with Crippen molar-refractivity contribution in [1.29, 1.82) is 0 Å². The number of nitrogens with two attached hydrogens (primary N) is 2. The van der Waals surface area contributed by atoms with Crippen LogP contribution in [0.15, 0.2) is 18.2 Å². The Morgan fingerprint density at radius 3 is 2.75 bits per heavy atom. The predicted octanol–water partition coefficient (Wildman–Crippen LogP) is 0.900. The van der Waals surface area contributed by atoms with Crippen LogP contribution in [0.25, 0.3) is 0 Å². The summed E-state index contributed by atoms with van der Waals surface area (Å²) in [5, 5.41) is 0. The highest BCUT2D eigenvalue weighted by Crippen LogP contribution is 2.28. The summed E-state index contributed by atoms with van der Waals surface area (Å²) >= 11 is 0. The van der Waals surface area contributed by atoms with Gasteiger partial charge in [0.05, 0.1) is 12.7 Å². The van der Waals surface area contributed by atoms with E-state index in [0.717, 1.165) is 31.5 Å². The van der Waals surface area contributed by atoms with Gasteiger partial charge in [-0.05, 0) is 37.5 Å². The zero-order chi connectivity index (χ0) is 14.7. The van der Waals surface area contributed by atoms with E-state index in [9.17, 15) is 9.59 Å². The van der Waals surface area contributed by atoms with Crippen LogP contribution < -0.4 is 16.4 Å². The number of hydrogen-bond donors (Lipinski definition) is 2. The molecule has 0 aliphatic carbocycles. The first-order valence-corrected chi connectivity index (χ1v) is 6.58. The number of rotatable bonds is 3. The second-order valence-electron chi connectivity index (χ2n) is 4.87. The van der Waals surface area contributed by atoms with Crippen LogP contribution >= 0.6 is 0 Å². The normalized spacial score (nSPS) is 18.6.